The third-order valence-electron chi connectivity index (χ3n) is 6.13. The van der Waals surface area contributed by atoms with Crippen LogP contribution in [-0.2, 0) is 11.2 Å². The molecule has 0 bridgehead atoms. The van der Waals surface area contributed by atoms with E-state index in [2.05, 4.69) is 10.3 Å². The van der Waals surface area contributed by atoms with Crippen molar-refractivity contribution in [1.29, 1.82) is 0 Å². The lowest BCUT2D eigenvalue weighted by atomic mass is 9.85. The second-order valence-electron chi connectivity index (χ2n) is 8.29. The molecule has 170 valence electrons. The summed E-state index contributed by atoms with van der Waals surface area (Å²) < 4.78 is 5.64. The molecule has 2 heterocycles. The molecule has 5 aromatic rings. The van der Waals surface area contributed by atoms with Crippen molar-refractivity contribution in [2.24, 2.45) is 0 Å². The molecule has 5 rings (SSSR count). The Bertz CT molecular complexity index is 1550. The maximum Gasteiger partial charge on any atom is 0.344 e. The lowest BCUT2D eigenvalue weighted by Crippen LogP contribution is -2.23. The molecule has 0 aliphatic carbocycles. The Balaban J connectivity index is 1.79. The second kappa shape index (κ2) is 8.90. The van der Waals surface area contributed by atoms with Gasteiger partial charge in [0.2, 0.25) is 5.91 Å². The van der Waals surface area contributed by atoms with Gasteiger partial charge in [0.1, 0.15) is 11.3 Å². The summed E-state index contributed by atoms with van der Waals surface area (Å²) >= 11 is 0. The Kier molecular flexibility index (Phi) is 5.64. The molecule has 34 heavy (non-hydrogen) atoms. The first-order chi connectivity index (χ1) is 16.5. The highest BCUT2D eigenvalue weighted by molar-refractivity contribution is 5.87. The maximum absolute atomic E-state index is 13.3. The van der Waals surface area contributed by atoms with Gasteiger partial charge in [-0.2, -0.15) is 0 Å². The summed E-state index contributed by atoms with van der Waals surface area (Å²) in [6, 6.07) is 24.4. The van der Waals surface area contributed by atoms with Crippen molar-refractivity contribution in [3.63, 3.8) is 0 Å². The van der Waals surface area contributed by atoms with Crippen LogP contribution in [0.2, 0.25) is 0 Å². The van der Waals surface area contributed by atoms with E-state index in [4.69, 9.17) is 4.42 Å². The Morgan fingerprint density at radius 2 is 1.65 bits per heavy atom. The average molecular weight is 453 g/mol. The monoisotopic (exact) mass is 452 g/mol. The zero-order valence-electron chi connectivity index (χ0n) is 18.7. The van der Waals surface area contributed by atoms with Gasteiger partial charge in [-0.25, -0.2) is 4.79 Å². The minimum absolute atomic E-state index is 0.0906. The van der Waals surface area contributed by atoms with Gasteiger partial charge in [-0.3, -0.25) is 4.79 Å². The number of H-pyrrole nitrogens is 1. The van der Waals surface area contributed by atoms with Crippen molar-refractivity contribution in [2.75, 3.05) is 6.54 Å². The number of carbonyl (C=O) groups is 1. The molecule has 2 aromatic heterocycles. The van der Waals surface area contributed by atoms with Crippen LogP contribution in [0.25, 0.3) is 21.9 Å². The van der Waals surface area contributed by atoms with E-state index >= 15 is 0 Å². The number of hydrogen-bond donors (Lipinski definition) is 3. The first-order valence-corrected chi connectivity index (χ1v) is 11.2. The summed E-state index contributed by atoms with van der Waals surface area (Å²) in [6.07, 6.45) is 0.557. The zero-order valence-corrected chi connectivity index (χ0v) is 18.7. The van der Waals surface area contributed by atoms with E-state index in [1.54, 1.807) is 24.3 Å². The molecule has 6 nitrogen and oxygen atoms in total. The standard InChI is InChI=1S/C28H24N2O4/c1-17(31)29-16-15-20-19-11-5-7-13-22(19)30-26(20)24(18-9-3-2-4-10-18)25-27(32)21-12-6-8-14-23(21)34-28(25)33/h2-14,24,30,32H,15-16H2,1H3,(H,29,31). The van der Waals surface area contributed by atoms with E-state index in [1.807, 2.05) is 54.6 Å². The minimum atomic E-state index is -0.596. The van der Waals surface area contributed by atoms with Crippen LogP contribution in [0.4, 0.5) is 0 Å². The first kappa shape index (κ1) is 21.5. The first-order valence-electron chi connectivity index (χ1n) is 11.2. The summed E-state index contributed by atoms with van der Waals surface area (Å²) in [5.41, 5.74) is 3.45. The topological polar surface area (TPSA) is 95.3 Å². The molecule has 0 aliphatic rings. The third kappa shape index (κ3) is 3.83. The predicted molar refractivity (Wildman–Crippen MR) is 132 cm³/mol. The van der Waals surface area contributed by atoms with Crippen molar-refractivity contribution in [1.82, 2.24) is 10.3 Å². The van der Waals surface area contributed by atoms with Gasteiger partial charge >= 0.3 is 5.63 Å². The summed E-state index contributed by atoms with van der Waals surface area (Å²) in [5, 5.41) is 15.7. The van der Waals surface area contributed by atoms with Crippen molar-refractivity contribution in [2.45, 2.75) is 19.3 Å². The van der Waals surface area contributed by atoms with E-state index in [0.29, 0.717) is 23.9 Å². The van der Waals surface area contributed by atoms with Gasteiger partial charge in [0.05, 0.1) is 16.9 Å². The summed E-state index contributed by atoms with van der Waals surface area (Å²) in [5.74, 6) is -0.789. The average Bonchev–Trinajstić information content (AvgIpc) is 3.20. The lowest BCUT2D eigenvalue weighted by molar-refractivity contribution is -0.118. The number of hydrogen-bond acceptors (Lipinski definition) is 4. The molecule has 0 radical (unpaired) electrons. The summed E-state index contributed by atoms with van der Waals surface area (Å²) in [6.45, 7) is 1.94. The molecule has 3 aromatic carbocycles. The number of aromatic nitrogens is 1. The molecular weight excluding hydrogens is 428 g/mol. The number of para-hydroxylation sites is 2. The van der Waals surface area contributed by atoms with Gasteiger partial charge in [0.25, 0.3) is 0 Å². The summed E-state index contributed by atoms with van der Waals surface area (Å²) in [7, 11) is 0. The molecule has 0 fully saturated rings. The fraction of sp³-hybridized carbons (Fsp3) is 0.143. The van der Waals surface area contributed by atoms with Crippen LogP contribution in [0.5, 0.6) is 5.75 Å². The highest BCUT2D eigenvalue weighted by atomic mass is 16.4. The summed E-state index contributed by atoms with van der Waals surface area (Å²) in [4.78, 5) is 28.3. The van der Waals surface area contributed by atoms with Gasteiger partial charge in [0.15, 0.2) is 0 Å². The van der Waals surface area contributed by atoms with Crippen molar-refractivity contribution in [3.05, 3.63) is 112 Å². The van der Waals surface area contributed by atoms with Gasteiger partial charge in [-0.15, -0.1) is 0 Å². The van der Waals surface area contributed by atoms with Gasteiger partial charge in [-0.05, 0) is 35.7 Å². The Hall–Kier alpha value is -4.32. The maximum atomic E-state index is 13.3. The number of rotatable bonds is 6. The minimum Gasteiger partial charge on any atom is -0.507 e. The Morgan fingerprint density at radius 1 is 0.971 bits per heavy atom. The SMILES string of the molecule is CC(=O)NCCc1c(C(c2ccccc2)c2c(O)c3ccccc3oc2=O)[nH]c2ccccc12. The highest BCUT2D eigenvalue weighted by Gasteiger charge is 2.30. The van der Waals surface area contributed by atoms with Crippen LogP contribution in [0.3, 0.4) is 0 Å². The Labute approximate surface area is 195 Å². The quantitative estimate of drug-likeness (QED) is 0.321. The van der Waals surface area contributed by atoms with Gasteiger partial charge < -0.3 is 19.8 Å². The van der Waals surface area contributed by atoms with Crippen LogP contribution in [-0.4, -0.2) is 22.5 Å². The molecular formula is C28H24N2O4. The van der Waals surface area contributed by atoms with E-state index < -0.39 is 11.5 Å². The zero-order chi connectivity index (χ0) is 23.7. The largest absolute Gasteiger partial charge is 0.507 e. The molecule has 1 amide bonds. The number of aromatic hydroxyl groups is 1. The number of amides is 1. The molecule has 6 heteroatoms. The number of aromatic amines is 1. The van der Waals surface area contributed by atoms with Crippen molar-refractivity contribution in [3.8, 4) is 5.75 Å². The Morgan fingerprint density at radius 3 is 2.41 bits per heavy atom. The fourth-order valence-corrected chi connectivity index (χ4v) is 4.63. The van der Waals surface area contributed by atoms with Crippen LogP contribution < -0.4 is 10.9 Å². The second-order valence-corrected chi connectivity index (χ2v) is 8.29. The van der Waals surface area contributed by atoms with Crippen LogP contribution in [0.15, 0.2) is 88.1 Å². The molecule has 1 atom stereocenters. The lowest BCUT2D eigenvalue weighted by Gasteiger charge is -2.20. The molecule has 1 unspecified atom stereocenters. The normalized spacial score (nSPS) is 12.1. The van der Waals surface area contributed by atoms with E-state index in [1.165, 1.54) is 6.92 Å². The third-order valence-corrected chi connectivity index (χ3v) is 6.13. The van der Waals surface area contributed by atoms with Gasteiger partial charge in [0, 0.05) is 30.1 Å². The molecule has 0 saturated carbocycles. The van der Waals surface area contributed by atoms with Crippen molar-refractivity contribution >= 4 is 27.8 Å². The van der Waals surface area contributed by atoms with Gasteiger partial charge in [-0.1, -0.05) is 60.7 Å². The molecule has 0 saturated heterocycles. The molecule has 0 spiro atoms. The van der Waals surface area contributed by atoms with Crippen molar-refractivity contribution < 1.29 is 14.3 Å². The fourth-order valence-electron chi connectivity index (χ4n) is 4.63. The predicted octanol–water partition coefficient (Wildman–Crippen LogP) is 4.84. The number of fused-ring (bicyclic) bond motifs is 2. The molecule has 0 aliphatic heterocycles. The number of nitrogens with one attached hydrogen (secondary N) is 2. The van der Waals surface area contributed by atoms with E-state index in [9.17, 15) is 14.7 Å². The highest BCUT2D eigenvalue weighted by Crippen LogP contribution is 2.40. The van der Waals surface area contributed by atoms with E-state index in [-0.39, 0.29) is 17.2 Å². The molecule has 3 N–H and O–H groups in total. The number of carbonyl (C=O) groups excluding carboxylic acids is 1. The number of benzene rings is 3. The van der Waals surface area contributed by atoms with E-state index in [0.717, 1.165) is 27.7 Å². The van der Waals surface area contributed by atoms with Crippen LogP contribution in [0.1, 0.15) is 35.2 Å². The smallest absolute Gasteiger partial charge is 0.344 e. The van der Waals surface area contributed by atoms with Crippen LogP contribution in [0, 0.1) is 0 Å². The van der Waals surface area contributed by atoms with Crippen LogP contribution >= 0.6 is 0 Å².